The number of hydrogen-bond acceptors (Lipinski definition) is 4. The zero-order chi connectivity index (χ0) is 20.3. The Morgan fingerprint density at radius 2 is 1.68 bits per heavy atom. The fraction of sp³-hybridized carbons (Fsp3) is 0.682. The highest BCUT2D eigenvalue weighted by molar-refractivity contribution is 5.94. The number of amides is 2. The molecule has 2 amide bonds. The van der Waals surface area contributed by atoms with Gasteiger partial charge in [0.25, 0.3) is 5.91 Å². The van der Waals surface area contributed by atoms with Gasteiger partial charge < -0.3 is 14.7 Å². The van der Waals surface area contributed by atoms with Crippen LogP contribution in [0.5, 0.6) is 0 Å². The van der Waals surface area contributed by atoms with Crippen LogP contribution in [0.3, 0.4) is 0 Å². The predicted octanol–water partition coefficient (Wildman–Crippen LogP) is 3.04. The van der Waals surface area contributed by atoms with E-state index in [-0.39, 0.29) is 17.2 Å². The lowest BCUT2D eigenvalue weighted by atomic mass is 9.94. The third-order valence-corrected chi connectivity index (χ3v) is 5.81. The van der Waals surface area contributed by atoms with E-state index >= 15 is 0 Å². The third-order valence-electron chi connectivity index (χ3n) is 5.81. The Labute approximate surface area is 168 Å². The molecule has 2 aliphatic rings. The molecule has 3 heterocycles. The van der Waals surface area contributed by atoms with Gasteiger partial charge in [-0.05, 0) is 37.3 Å². The molecule has 6 nitrogen and oxygen atoms in total. The maximum absolute atomic E-state index is 12.7. The molecule has 0 bridgehead atoms. The van der Waals surface area contributed by atoms with Crippen LogP contribution in [0.25, 0.3) is 0 Å². The van der Waals surface area contributed by atoms with Gasteiger partial charge in [-0.1, -0.05) is 27.7 Å². The van der Waals surface area contributed by atoms with Crippen molar-refractivity contribution in [1.29, 1.82) is 0 Å². The van der Waals surface area contributed by atoms with Gasteiger partial charge in [0.2, 0.25) is 5.91 Å². The van der Waals surface area contributed by atoms with Crippen molar-refractivity contribution in [3.8, 4) is 0 Å². The first-order valence-electron chi connectivity index (χ1n) is 10.6. The Hall–Kier alpha value is -2.11. The monoisotopic (exact) mass is 386 g/mol. The molecular formula is C22H34N4O2. The molecule has 3 rings (SSSR count). The molecule has 0 atom stereocenters. The van der Waals surface area contributed by atoms with E-state index in [1.165, 1.54) is 0 Å². The van der Waals surface area contributed by atoms with Crippen LogP contribution in [0.15, 0.2) is 18.3 Å². The van der Waals surface area contributed by atoms with Gasteiger partial charge in [-0.25, -0.2) is 4.98 Å². The Kier molecular flexibility index (Phi) is 6.26. The largest absolute Gasteiger partial charge is 0.355 e. The van der Waals surface area contributed by atoms with E-state index in [1.807, 2.05) is 42.7 Å². The highest BCUT2D eigenvalue weighted by atomic mass is 16.2. The summed E-state index contributed by atoms with van der Waals surface area (Å²) in [6, 6.07) is 3.84. The van der Waals surface area contributed by atoms with Crippen molar-refractivity contribution in [3.63, 3.8) is 0 Å². The van der Waals surface area contributed by atoms with Crippen LogP contribution in [0.4, 0.5) is 5.82 Å². The average Bonchev–Trinajstić information content (AvgIpc) is 2.93. The highest BCUT2D eigenvalue weighted by Crippen LogP contribution is 2.21. The Bertz CT molecular complexity index is 687. The quantitative estimate of drug-likeness (QED) is 0.784. The number of hydrogen-bond donors (Lipinski definition) is 0. The maximum atomic E-state index is 12.7. The molecule has 28 heavy (non-hydrogen) atoms. The minimum absolute atomic E-state index is 0.0868. The number of anilines is 1. The Balaban J connectivity index is 1.60. The number of carbonyl (C=O) groups is 2. The molecule has 0 radical (unpaired) electrons. The number of aromatic nitrogens is 1. The van der Waals surface area contributed by atoms with Gasteiger partial charge in [0.1, 0.15) is 5.82 Å². The zero-order valence-corrected chi connectivity index (χ0v) is 17.8. The fourth-order valence-corrected chi connectivity index (χ4v) is 3.92. The number of piperidine rings is 1. The number of pyridine rings is 1. The molecule has 1 aromatic heterocycles. The van der Waals surface area contributed by atoms with Crippen LogP contribution in [0.2, 0.25) is 0 Å². The molecule has 2 saturated heterocycles. The summed E-state index contributed by atoms with van der Waals surface area (Å²) < 4.78 is 0. The summed E-state index contributed by atoms with van der Waals surface area (Å²) in [4.78, 5) is 35.9. The van der Waals surface area contributed by atoms with E-state index in [4.69, 9.17) is 0 Å². The second kappa shape index (κ2) is 8.50. The normalized spacial score (nSPS) is 19.5. The summed E-state index contributed by atoms with van der Waals surface area (Å²) in [6.07, 6.45) is 4.79. The SMILES string of the molecule is CC1CCN(C(=O)c2ccc(N3CCCN(C(=O)C(C)(C)C)CC3)nc2)CC1. The van der Waals surface area contributed by atoms with Gasteiger partial charge >= 0.3 is 0 Å². The second-order valence-corrected chi connectivity index (χ2v) is 9.26. The minimum Gasteiger partial charge on any atom is -0.355 e. The van der Waals surface area contributed by atoms with Crippen molar-refractivity contribution in [2.45, 2.75) is 47.0 Å². The number of likely N-dealkylation sites (tertiary alicyclic amines) is 1. The molecule has 2 fully saturated rings. The third kappa shape index (κ3) is 4.83. The van der Waals surface area contributed by atoms with Gasteiger partial charge in [0.15, 0.2) is 0 Å². The van der Waals surface area contributed by atoms with E-state index in [1.54, 1.807) is 6.20 Å². The number of rotatable bonds is 2. The van der Waals surface area contributed by atoms with Crippen LogP contribution in [-0.2, 0) is 4.79 Å². The summed E-state index contributed by atoms with van der Waals surface area (Å²) in [7, 11) is 0. The Morgan fingerprint density at radius 1 is 0.964 bits per heavy atom. The van der Waals surface area contributed by atoms with E-state index < -0.39 is 0 Å². The molecule has 1 aromatic rings. The van der Waals surface area contributed by atoms with Gasteiger partial charge in [-0.3, -0.25) is 9.59 Å². The van der Waals surface area contributed by atoms with Gasteiger partial charge in [0, 0.05) is 50.9 Å². The predicted molar refractivity (Wildman–Crippen MR) is 111 cm³/mol. The first-order valence-corrected chi connectivity index (χ1v) is 10.6. The summed E-state index contributed by atoms with van der Waals surface area (Å²) in [5.74, 6) is 1.88. The topological polar surface area (TPSA) is 56.8 Å². The van der Waals surface area contributed by atoms with Crippen LogP contribution in [-0.4, -0.2) is 65.9 Å². The molecule has 0 unspecified atom stereocenters. The lowest BCUT2D eigenvalue weighted by molar-refractivity contribution is -0.139. The molecule has 0 saturated carbocycles. The van der Waals surface area contributed by atoms with Crippen molar-refractivity contribution in [3.05, 3.63) is 23.9 Å². The van der Waals surface area contributed by atoms with E-state index in [0.29, 0.717) is 18.0 Å². The summed E-state index contributed by atoms with van der Waals surface area (Å²) in [5, 5.41) is 0. The molecule has 0 aliphatic carbocycles. The van der Waals surface area contributed by atoms with Crippen molar-refractivity contribution in [2.75, 3.05) is 44.2 Å². The zero-order valence-electron chi connectivity index (χ0n) is 17.8. The molecule has 2 aliphatic heterocycles. The summed E-state index contributed by atoms with van der Waals surface area (Å²) in [5.41, 5.74) is 0.319. The maximum Gasteiger partial charge on any atom is 0.255 e. The lowest BCUT2D eigenvalue weighted by Crippen LogP contribution is -2.41. The summed E-state index contributed by atoms with van der Waals surface area (Å²) >= 11 is 0. The van der Waals surface area contributed by atoms with Gasteiger partial charge in [-0.2, -0.15) is 0 Å². The fourth-order valence-electron chi connectivity index (χ4n) is 3.92. The minimum atomic E-state index is -0.346. The van der Waals surface area contributed by atoms with E-state index in [9.17, 15) is 9.59 Å². The smallest absolute Gasteiger partial charge is 0.255 e. The molecule has 0 spiro atoms. The molecule has 0 aromatic carbocycles. The van der Waals surface area contributed by atoms with Gasteiger partial charge in [-0.15, -0.1) is 0 Å². The van der Waals surface area contributed by atoms with Crippen molar-refractivity contribution >= 4 is 17.6 Å². The van der Waals surface area contributed by atoms with Crippen LogP contribution >= 0.6 is 0 Å². The van der Waals surface area contributed by atoms with Crippen molar-refractivity contribution < 1.29 is 9.59 Å². The van der Waals surface area contributed by atoms with E-state index in [2.05, 4.69) is 16.8 Å². The first kappa shape index (κ1) is 20.6. The molecular weight excluding hydrogens is 352 g/mol. The molecule has 6 heteroatoms. The first-order chi connectivity index (χ1) is 13.3. The lowest BCUT2D eigenvalue weighted by Gasteiger charge is -2.30. The van der Waals surface area contributed by atoms with Gasteiger partial charge in [0.05, 0.1) is 5.56 Å². The van der Waals surface area contributed by atoms with Crippen LogP contribution in [0.1, 0.15) is 57.3 Å². The van der Waals surface area contributed by atoms with Crippen molar-refractivity contribution in [2.24, 2.45) is 11.3 Å². The van der Waals surface area contributed by atoms with Crippen LogP contribution in [0, 0.1) is 11.3 Å². The van der Waals surface area contributed by atoms with Crippen molar-refractivity contribution in [1.82, 2.24) is 14.8 Å². The molecule has 154 valence electrons. The second-order valence-electron chi connectivity index (χ2n) is 9.26. The Morgan fingerprint density at radius 3 is 2.29 bits per heavy atom. The summed E-state index contributed by atoms with van der Waals surface area (Å²) in [6.45, 7) is 13.0. The molecule has 0 N–H and O–H groups in total. The van der Waals surface area contributed by atoms with E-state index in [0.717, 1.165) is 57.8 Å². The number of carbonyl (C=O) groups excluding carboxylic acids is 2. The average molecular weight is 387 g/mol. The number of nitrogens with zero attached hydrogens (tertiary/aromatic N) is 4. The standard InChI is InChI=1S/C22H34N4O2/c1-17-8-12-25(13-9-17)20(27)18-6-7-19(23-16-18)24-10-5-11-26(15-14-24)21(28)22(2,3)4/h6-7,16-17H,5,8-15H2,1-4H3. The highest BCUT2D eigenvalue weighted by Gasteiger charge is 2.29. The van der Waals surface area contributed by atoms with Crippen LogP contribution < -0.4 is 4.90 Å².